The van der Waals surface area contributed by atoms with Crippen LogP contribution in [0.3, 0.4) is 0 Å². The SMILES string of the molecule is Cc1ccccc1-c1cccc2c1C(=O)OCC2. The summed E-state index contributed by atoms with van der Waals surface area (Å²) >= 11 is 0. The van der Waals surface area contributed by atoms with Crippen molar-refractivity contribution < 1.29 is 9.53 Å². The van der Waals surface area contributed by atoms with Crippen LogP contribution >= 0.6 is 0 Å². The summed E-state index contributed by atoms with van der Waals surface area (Å²) in [6, 6.07) is 14.1. The van der Waals surface area contributed by atoms with Crippen molar-refractivity contribution in [3.63, 3.8) is 0 Å². The van der Waals surface area contributed by atoms with E-state index in [0.29, 0.717) is 6.61 Å². The summed E-state index contributed by atoms with van der Waals surface area (Å²) in [4.78, 5) is 12.0. The Balaban J connectivity index is 2.25. The largest absolute Gasteiger partial charge is 0.462 e. The molecule has 0 aromatic heterocycles. The third-order valence-electron chi connectivity index (χ3n) is 3.39. The van der Waals surface area contributed by atoms with Crippen LogP contribution < -0.4 is 0 Å². The van der Waals surface area contributed by atoms with Crippen molar-refractivity contribution in [1.29, 1.82) is 0 Å². The quantitative estimate of drug-likeness (QED) is 0.712. The summed E-state index contributed by atoms with van der Waals surface area (Å²) in [7, 11) is 0. The van der Waals surface area contributed by atoms with E-state index in [0.717, 1.165) is 28.7 Å². The van der Waals surface area contributed by atoms with Crippen molar-refractivity contribution in [3.8, 4) is 11.1 Å². The number of hydrogen-bond donors (Lipinski definition) is 0. The van der Waals surface area contributed by atoms with Gasteiger partial charge in [0, 0.05) is 6.42 Å². The topological polar surface area (TPSA) is 26.3 Å². The van der Waals surface area contributed by atoms with Gasteiger partial charge in [-0.25, -0.2) is 4.79 Å². The maximum atomic E-state index is 12.0. The average molecular weight is 238 g/mol. The monoisotopic (exact) mass is 238 g/mol. The van der Waals surface area contributed by atoms with Crippen LogP contribution in [0.1, 0.15) is 21.5 Å². The minimum Gasteiger partial charge on any atom is -0.462 e. The molecule has 1 aliphatic heterocycles. The van der Waals surface area contributed by atoms with Crippen LogP contribution in [0.25, 0.3) is 11.1 Å². The number of fused-ring (bicyclic) bond motifs is 1. The zero-order valence-electron chi connectivity index (χ0n) is 10.3. The Bertz CT molecular complexity index is 614. The van der Waals surface area contributed by atoms with Crippen LogP contribution in [0.5, 0.6) is 0 Å². The second kappa shape index (κ2) is 4.30. The van der Waals surface area contributed by atoms with E-state index in [1.807, 2.05) is 36.4 Å². The van der Waals surface area contributed by atoms with Gasteiger partial charge in [0.15, 0.2) is 0 Å². The Hall–Kier alpha value is -2.09. The summed E-state index contributed by atoms with van der Waals surface area (Å²) in [5, 5.41) is 0. The van der Waals surface area contributed by atoms with Gasteiger partial charge < -0.3 is 4.74 Å². The molecular weight excluding hydrogens is 224 g/mol. The minimum absolute atomic E-state index is 0.199. The second-order valence-electron chi connectivity index (χ2n) is 4.54. The lowest BCUT2D eigenvalue weighted by molar-refractivity contribution is 0.0481. The van der Waals surface area contributed by atoms with E-state index in [2.05, 4.69) is 13.0 Å². The summed E-state index contributed by atoms with van der Waals surface area (Å²) in [5.41, 5.74) is 5.08. The molecule has 2 nitrogen and oxygen atoms in total. The van der Waals surface area contributed by atoms with Gasteiger partial charge in [-0.15, -0.1) is 0 Å². The normalized spacial score (nSPS) is 13.9. The van der Waals surface area contributed by atoms with Gasteiger partial charge in [-0.3, -0.25) is 0 Å². The highest BCUT2D eigenvalue weighted by molar-refractivity contribution is 5.99. The standard InChI is InChI=1S/C16H14O2/c1-11-5-2-3-7-13(11)14-8-4-6-12-9-10-18-16(17)15(12)14/h2-8H,9-10H2,1H3. The van der Waals surface area contributed by atoms with Crippen LogP contribution in [0.15, 0.2) is 42.5 Å². The van der Waals surface area contributed by atoms with E-state index in [4.69, 9.17) is 4.74 Å². The first-order valence-corrected chi connectivity index (χ1v) is 6.12. The van der Waals surface area contributed by atoms with Crippen molar-refractivity contribution in [2.45, 2.75) is 13.3 Å². The molecule has 90 valence electrons. The third kappa shape index (κ3) is 1.70. The fourth-order valence-electron chi connectivity index (χ4n) is 2.47. The second-order valence-corrected chi connectivity index (χ2v) is 4.54. The van der Waals surface area contributed by atoms with Gasteiger partial charge in [0.1, 0.15) is 0 Å². The molecule has 18 heavy (non-hydrogen) atoms. The molecule has 0 aliphatic carbocycles. The fraction of sp³-hybridized carbons (Fsp3) is 0.188. The third-order valence-corrected chi connectivity index (χ3v) is 3.39. The molecule has 0 radical (unpaired) electrons. The molecule has 0 unspecified atom stereocenters. The number of hydrogen-bond acceptors (Lipinski definition) is 2. The number of benzene rings is 2. The van der Waals surface area contributed by atoms with Crippen LogP contribution in [0.4, 0.5) is 0 Å². The first-order valence-electron chi connectivity index (χ1n) is 6.12. The number of rotatable bonds is 1. The number of aryl methyl sites for hydroxylation is 1. The lowest BCUT2D eigenvalue weighted by Crippen LogP contribution is -2.18. The maximum absolute atomic E-state index is 12.0. The van der Waals surface area contributed by atoms with Crippen molar-refractivity contribution in [3.05, 3.63) is 59.2 Å². The van der Waals surface area contributed by atoms with Crippen LogP contribution in [0, 0.1) is 6.92 Å². The number of esters is 1. The predicted octanol–water partition coefficient (Wildman–Crippen LogP) is 3.37. The molecular formula is C16H14O2. The van der Waals surface area contributed by atoms with Gasteiger partial charge in [0.05, 0.1) is 12.2 Å². The molecule has 0 saturated heterocycles. The maximum Gasteiger partial charge on any atom is 0.339 e. The van der Waals surface area contributed by atoms with Crippen LogP contribution in [0.2, 0.25) is 0 Å². The van der Waals surface area contributed by atoms with E-state index >= 15 is 0 Å². The molecule has 0 amide bonds. The Labute approximate surface area is 106 Å². The lowest BCUT2D eigenvalue weighted by Gasteiger charge is -2.19. The van der Waals surface area contributed by atoms with Crippen molar-refractivity contribution in [2.24, 2.45) is 0 Å². The Morgan fingerprint density at radius 2 is 1.78 bits per heavy atom. The number of ether oxygens (including phenoxy) is 1. The molecule has 3 rings (SSSR count). The first-order chi connectivity index (χ1) is 8.77. The van der Waals surface area contributed by atoms with E-state index in [-0.39, 0.29) is 5.97 Å². The molecule has 0 bridgehead atoms. The molecule has 0 spiro atoms. The highest BCUT2D eigenvalue weighted by Gasteiger charge is 2.22. The Kier molecular flexibility index (Phi) is 2.63. The van der Waals surface area contributed by atoms with E-state index in [9.17, 15) is 4.79 Å². The average Bonchev–Trinajstić information content (AvgIpc) is 2.39. The Morgan fingerprint density at radius 3 is 2.61 bits per heavy atom. The number of carbonyl (C=O) groups excluding carboxylic acids is 1. The van der Waals surface area contributed by atoms with Crippen molar-refractivity contribution >= 4 is 5.97 Å². The highest BCUT2D eigenvalue weighted by atomic mass is 16.5. The number of carbonyl (C=O) groups is 1. The zero-order valence-corrected chi connectivity index (χ0v) is 10.3. The van der Waals surface area contributed by atoms with Gasteiger partial charge in [0.2, 0.25) is 0 Å². The van der Waals surface area contributed by atoms with Crippen molar-refractivity contribution in [2.75, 3.05) is 6.61 Å². The molecule has 2 aromatic carbocycles. The van der Waals surface area contributed by atoms with Gasteiger partial charge in [-0.2, -0.15) is 0 Å². The molecule has 1 heterocycles. The predicted molar refractivity (Wildman–Crippen MR) is 70.6 cm³/mol. The van der Waals surface area contributed by atoms with Gasteiger partial charge in [0.25, 0.3) is 0 Å². The van der Waals surface area contributed by atoms with Crippen LogP contribution in [-0.4, -0.2) is 12.6 Å². The van der Waals surface area contributed by atoms with E-state index in [1.54, 1.807) is 0 Å². The molecule has 0 atom stereocenters. The fourth-order valence-corrected chi connectivity index (χ4v) is 2.47. The molecule has 0 saturated carbocycles. The summed E-state index contributed by atoms with van der Waals surface area (Å²) in [5.74, 6) is -0.199. The Morgan fingerprint density at radius 1 is 1.00 bits per heavy atom. The molecule has 0 N–H and O–H groups in total. The van der Waals surface area contributed by atoms with Crippen LogP contribution in [-0.2, 0) is 11.2 Å². The van der Waals surface area contributed by atoms with E-state index in [1.165, 1.54) is 5.56 Å². The lowest BCUT2D eigenvalue weighted by atomic mass is 9.91. The first kappa shape index (κ1) is 11.0. The minimum atomic E-state index is -0.199. The van der Waals surface area contributed by atoms with Crippen molar-refractivity contribution in [1.82, 2.24) is 0 Å². The molecule has 0 fully saturated rings. The summed E-state index contributed by atoms with van der Waals surface area (Å²) < 4.78 is 5.17. The van der Waals surface area contributed by atoms with E-state index < -0.39 is 0 Å². The molecule has 2 aromatic rings. The zero-order chi connectivity index (χ0) is 12.5. The molecule has 2 heteroatoms. The highest BCUT2D eigenvalue weighted by Crippen LogP contribution is 2.31. The van der Waals surface area contributed by atoms with Gasteiger partial charge in [-0.05, 0) is 29.2 Å². The van der Waals surface area contributed by atoms with Gasteiger partial charge >= 0.3 is 5.97 Å². The number of cyclic esters (lactones) is 1. The summed E-state index contributed by atoms with van der Waals surface area (Å²) in [6.07, 6.45) is 0.806. The molecule has 1 aliphatic rings. The summed E-state index contributed by atoms with van der Waals surface area (Å²) in [6.45, 7) is 2.55. The van der Waals surface area contributed by atoms with Gasteiger partial charge in [-0.1, -0.05) is 42.5 Å². The smallest absolute Gasteiger partial charge is 0.339 e.